The molecule has 0 atom stereocenters. The maximum Gasteiger partial charge on any atom is 0.262 e. The molecule has 1 heterocycles. The van der Waals surface area contributed by atoms with Gasteiger partial charge in [0.1, 0.15) is 5.82 Å². The predicted octanol–water partition coefficient (Wildman–Crippen LogP) is 4.37. The molecule has 0 radical (unpaired) electrons. The number of thiazole rings is 1. The molecule has 0 aliphatic carbocycles. The first-order valence-electron chi connectivity index (χ1n) is 7.17. The van der Waals surface area contributed by atoms with Crippen LogP contribution in [0.5, 0.6) is 0 Å². The van der Waals surface area contributed by atoms with Crippen LogP contribution in [0.4, 0.5) is 10.1 Å². The van der Waals surface area contributed by atoms with Crippen LogP contribution in [-0.4, -0.2) is 13.4 Å². The molecular weight excluding hydrogens is 347 g/mol. The molecule has 7 heteroatoms. The third-order valence-corrected chi connectivity index (χ3v) is 5.77. The number of sulfonamides is 1. The Hall–Kier alpha value is -2.25. The number of nitrogens with zero attached hydrogens (tertiary/aromatic N) is 1. The van der Waals surface area contributed by atoms with Gasteiger partial charge in [0, 0.05) is 10.9 Å². The van der Waals surface area contributed by atoms with Crippen LogP contribution in [0.3, 0.4) is 0 Å². The molecule has 0 unspecified atom stereocenters. The van der Waals surface area contributed by atoms with Crippen molar-refractivity contribution in [1.29, 1.82) is 0 Å². The molecule has 0 amide bonds. The molecule has 0 saturated carbocycles. The van der Waals surface area contributed by atoms with E-state index in [4.69, 9.17) is 0 Å². The van der Waals surface area contributed by atoms with Gasteiger partial charge in [-0.15, -0.1) is 11.3 Å². The van der Waals surface area contributed by atoms with Crippen LogP contribution in [0.25, 0.3) is 11.3 Å². The van der Waals surface area contributed by atoms with Crippen LogP contribution in [0.15, 0.2) is 52.7 Å². The summed E-state index contributed by atoms with van der Waals surface area (Å²) in [4.78, 5) is 4.53. The highest BCUT2D eigenvalue weighted by molar-refractivity contribution is 7.92. The zero-order valence-corrected chi connectivity index (χ0v) is 14.7. The van der Waals surface area contributed by atoms with Crippen LogP contribution in [0, 0.1) is 19.7 Å². The highest BCUT2D eigenvalue weighted by Crippen LogP contribution is 2.27. The first-order valence-corrected chi connectivity index (χ1v) is 9.53. The third kappa shape index (κ3) is 3.47. The smallest absolute Gasteiger partial charge is 0.262 e. The lowest BCUT2D eigenvalue weighted by molar-refractivity contribution is 0.600. The predicted molar refractivity (Wildman–Crippen MR) is 94.2 cm³/mol. The molecule has 0 bridgehead atoms. The zero-order valence-electron chi connectivity index (χ0n) is 13.1. The van der Waals surface area contributed by atoms with E-state index in [1.807, 2.05) is 18.4 Å². The van der Waals surface area contributed by atoms with Gasteiger partial charge in [-0.05, 0) is 43.7 Å². The Balaban J connectivity index is 2.01. The Morgan fingerprint density at radius 2 is 1.92 bits per heavy atom. The molecule has 124 valence electrons. The molecule has 24 heavy (non-hydrogen) atoms. The Kier molecular flexibility index (Phi) is 4.38. The third-order valence-electron chi connectivity index (χ3n) is 3.47. The maximum atomic E-state index is 13.3. The van der Waals surface area contributed by atoms with E-state index < -0.39 is 15.8 Å². The molecule has 0 spiro atoms. The minimum absolute atomic E-state index is 0.148. The van der Waals surface area contributed by atoms with Gasteiger partial charge < -0.3 is 0 Å². The van der Waals surface area contributed by atoms with Crippen LogP contribution in [0.1, 0.15) is 10.6 Å². The standard InChI is InChI=1S/C17H15FN2O2S2/c1-11-6-7-13(16-10-23-12(2)19-16)8-17(11)24(21,22)20-15-5-3-4-14(18)9-15/h3-10,20H,1-2H3. The fraction of sp³-hybridized carbons (Fsp3) is 0.118. The molecule has 3 aromatic rings. The van der Waals surface area contributed by atoms with Gasteiger partial charge in [-0.3, -0.25) is 4.72 Å². The highest BCUT2D eigenvalue weighted by Gasteiger charge is 2.18. The normalized spacial score (nSPS) is 11.5. The van der Waals surface area contributed by atoms with Crippen molar-refractivity contribution in [2.24, 2.45) is 0 Å². The molecule has 0 fully saturated rings. The van der Waals surface area contributed by atoms with Crippen LogP contribution in [0.2, 0.25) is 0 Å². The number of halogens is 1. The average Bonchev–Trinajstić information content (AvgIpc) is 2.93. The molecule has 0 aliphatic rings. The Morgan fingerprint density at radius 1 is 1.12 bits per heavy atom. The van der Waals surface area contributed by atoms with Crippen molar-refractivity contribution in [1.82, 2.24) is 4.98 Å². The summed E-state index contributed by atoms with van der Waals surface area (Å²) in [6, 6.07) is 10.5. The largest absolute Gasteiger partial charge is 0.280 e. The van der Waals surface area contributed by atoms with E-state index in [0.29, 0.717) is 5.56 Å². The van der Waals surface area contributed by atoms with Crippen molar-refractivity contribution >= 4 is 27.0 Å². The fourth-order valence-electron chi connectivity index (χ4n) is 2.31. The Bertz CT molecular complexity index is 997. The first kappa shape index (κ1) is 16.6. The second-order valence-corrected chi connectivity index (χ2v) is 8.06. The highest BCUT2D eigenvalue weighted by atomic mass is 32.2. The lowest BCUT2D eigenvalue weighted by Gasteiger charge is -2.11. The quantitative estimate of drug-likeness (QED) is 0.750. The lowest BCUT2D eigenvalue weighted by atomic mass is 10.1. The van der Waals surface area contributed by atoms with Crippen LogP contribution < -0.4 is 4.72 Å². The Labute approximate surface area is 144 Å². The second kappa shape index (κ2) is 6.33. The summed E-state index contributed by atoms with van der Waals surface area (Å²) in [5.74, 6) is -0.501. The van der Waals surface area contributed by atoms with Gasteiger partial charge in [0.05, 0.1) is 21.3 Å². The zero-order chi connectivity index (χ0) is 17.3. The van der Waals surface area contributed by atoms with Crippen molar-refractivity contribution in [3.8, 4) is 11.3 Å². The van der Waals surface area contributed by atoms with Crippen LogP contribution >= 0.6 is 11.3 Å². The SMILES string of the molecule is Cc1nc(-c2ccc(C)c(S(=O)(=O)Nc3cccc(F)c3)c2)cs1. The van der Waals surface area contributed by atoms with E-state index in [-0.39, 0.29) is 10.6 Å². The molecule has 4 nitrogen and oxygen atoms in total. The van der Waals surface area contributed by atoms with Crippen molar-refractivity contribution in [2.75, 3.05) is 4.72 Å². The maximum absolute atomic E-state index is 13.3. The van der Waals surface area contributed by atoms with Crippen LogP contribution in [-0.2, 0) is 10.0 Å². The molecule has 3 rings (SSSR count). The minimum Gasteiger partial charge on any atom is -0.280 e. The monoisotopic (exact) mass is 362 g/mol. The van der Waals surface area contributed by atoms with Gasteiger partial charge in [-0.1, -0.05) is 18.2 Å². The van der Waals surface area contributed by atoms with E-state index in [9.17, 15) is 12.8 Å². The molecular formula is C17H15FN2O2S2. The van der Waals surface area contributed by atoms with Crippen molar-refractivity contribution in [2.45, 2.75) is 18.7 Å². The summed E-state index contributed by atoms with van der Waals surface area (Å²) in [6.45, 7) is 3.61. The number of aryl methyl sites for hydroxylation is 2. The molecule has 1 aromatic heterocycles. The molecule has 0 aliphatic heterocycles. The number of aromatic nitrogens is 1. The van der Waals surface area contributed by atoms with Crippen molar-refractivity contribution in [3.05, 3.63) is 64.2 Å². The van der Waals surface area contributed by atoms with Crippen molar-refractivity contribution in [3.63, 3.8) is 0 Å². The van der Waals surface area contributed by atoms with E-state index in [0.717, 1.165) is 22.3 Å². The van der Waals surface area contributed by atoms with Crippen molar-refractivity contribution < 1.29 is 12.8 Å². The molecule has 2 aromatic carbocycles. The van der Waals surface area contributed by atoms with Gasteiger partial charge >= 0.3 is 0 Å². The summed E-state index contributed by atoms with van der Waals surface area (Å²) in [5, 5.41) is 2.80. The second-order valence-electron chi connectivity index (χ2n) is 5.35. The number of benzene rings is 2. The van der Waals surface area contributed by atoms with Gasteiger partial charge in [-0.2, -0.15) is 0 Å². The first-order chi connectivity index (χ1) is 11.3. The van der Waals surface area contributed by atoms with E-state index in [1.165, 1.54) is 29.5 Å². The molecule has 0 saturated heterocycles. The number of hydrogen-bond acceptors (Lipinski definition) is 4. The average molecular weight is 362 g/mol. The summed E-state index contributed by atoms with van der Waals surface area (Å²) in [6.07, 6.45) is 0. The van der Waals surface area contributed by atoms with E-state index in [1.54, 1.807) is 19.1 Å². The minimum atomic E-state index is -3.83. The Morgan fingerprint density at radius 3 is 2.58 bits per heavy atom. The fourth-order valence-corrected chi connectivity index (χ4v) is 4.25. The summed E-state index contributed by atoms with van der Waals surface area (Å²) >= 11 is 1.50. The summed E-state index contributed by atoms with van der Waals surface area (Å²) in [5.41, 5.74) is 2.25. The number of anilines is 1. The lowest BCUT2D eigenvalue weighted by Crippen LogP contribution is -2.14. The van der Waals surface area contributed by atoms with Gasteiger partial charge in [0.25, 0.3) is 10.0 Å². The van der Waals surface area contributed by atoms with Gasteiger partial charge in [-0.25, -0.2) is 17.8 Å². The number of rotatable bonds is 4. The number of hydrogen-bond donors (Lipinski definition) is 1. The summed E-state index contributed by atoms with van der Waals surface area (Å²) < 4.78 is 41.0. The summed E-state index contributed by atoms with van der Waals surface area (Å²) in [7, 11) is -3.83. The molecule has 1 N–H and O–H groups in total. The number of nitrogens with one attached hydrogen (secondary N) is 1. The van der Waals surface area contributed by atoms with Gasteiger partial charge in [0.2, 0.25) is 0 Å². The van der Waals surface area contributed by atoms with E-state index in [2.05, 4.69) is 9.71 Å². The van der Waals surface area contributed by atoms with E-state index >= 15 is 0 Å². The topological polar surface area (TPSA) is 59.1 Å². The van der Waals surface area contributed by atoms with Gasteiger partial charge in [0.15, 0.2) is 0 Å².